The number of nitrogens with zero attached hydrogens (tertiary/aromatic N) is 3. The van der Waals surface area contributed by atoms with E-state index in [1.807, 2.05) is 52.0 Å². The van der Waals surface area contributed by atoms with Crippen molar-refractivity contribution >= 4 is 40.4 Å². The minimum absolute atomic E-state index is 0.0147. The first kappa shape index (κ1) is 38.9. The van der Waals surface area contributed by atoms with Crippen molar-refractivity contribution in [3.63, 3.8) is 0 Å². The van der Waals surface area contributed by atoms with Crippen molar-refractivity contribution in [3.05, 3.63) is 47.5 Å². The average Bonchev–Trinajstić information content (AvgIpc) is 3.27. The Balaban J connectivity index is 1.61. The molecule has 0 radical (unpaired) electrons. The first-order valence-corrected chi connectivity index (χ1v) is 17.8. The molecule has 274 valence electrons. The van der Waals surface area contributed by atoms with E-state index in [9.17, 15) is 24.0 Å². The number of esters is 1. The van der Waals surface area contributed by atoms with Gasteiger partial charge >= 0.3 is 5.97 Å². The number of morpholine rings is 1. The summed E-state index contributed by atoms with van der Waals surface area (Å²) in [7, 11) is 0. The maximum absolute atomic E-state index is 14.6. The number of imide groups is 1. The summed E-state index contributed by atoms with van der Waals surface area (Å²) >= 11 is 0. The predicted octanol–water partition coefficient (Wildman–Crippen LogP) is 3.60. The Morgan fingerprint density at radius 3 is 1.96 bits per heavy atom. The number of benzene rings is 2. The van der Waals surface area contributed by atoms with Gasteiger partial charge in [0.1, 0.15) is 17.7 Å². The minimum atomic E-state index is -1.04. The molecule has 50 heavy (non-hydrogen) atoms. The highest BCUT2D eigenvalue weighted by atomic mass is 16.6. The third-order valence-electron chi connectivity index (χ3n) is 9.02. The second-order valence-corrected chi connectivity index (χ2v) is 15.3. The van der Waals surface area contributed by atoms with Crippen LogP contribution in [0.25, 0.3) is 10.8 Å². The summed E-state index contributed by atoms with van der Waals surface area (Å²) in [6.07, 6.45) is 0.766. The fraction of sp³-hybridized carbons (Fsp3) is 0.605. The van der Waals surface area contributed by atoms with Crippen LogP contribution in [0.3, 0.4) is 0 Å². The summed E-state index contributed by atoms with van der Waals surface area (Å²) in [4.78, 5) is 73.1. The van der Waals surface area contributed by atoms with Crippen LogP contribution < -0.4 is 11.1 Å². The van der Waals surface area contributed by atoms with Gasteiger partial charge in [0.2, 0.25) is 11.8 Å². The molecular formula is C38H55N5O7. The summed E-state index contributed by atoms with van der Waals surface area (Å²) in [5.74, 6) is -2.25. The van der Waals surface area contributed by atoms with Crippen LogP contribution >= 0.6 is 0 Å². The monoisotopic (exact) mass is 693 g/mol. The zero-order chi connectivity index (χ0) is 36.7. The molecule has 1 fully saturated rings. The van der Waals surface area contributed by atoms with Crippen LogP contribution in [0.15, 0.2) is 36.4 Å². The van der Waals surface area contributed by atoms with Crippen molar-refractivity contribution < 1.29 is 33.4 Å². The van der Waals surface area contributed by atoms with Crippen LogP contribution in [0.4, 0.5) is 0 Å². The molecule has 3 atom stereocenters. The lowest BCUT2D eigenvalue weighted by Gasteiger charge is -2.37. The molecule has 2 aromatic carbocycles. The van der Waals surface area contributed by atoms with Crippen molar-refractivity contribution in [3.8, 4) is 0 Å². The standard InChI is InChI=1S/C38H55N5O7/c1-24(2)20-31(36(47)42(32(33(39)44)21-25(3)4)15-14-41-16-18-49-19-17-41)40-30(37(48)50-38(5,6)7)12-13-43-34(45)28-22-26-10-8-9-11-27(26)23-29(28)35(43)46/h8-11,22-25,30-32,40H,12-21H2,1-7H3,(H2,39,44)/t30-,31+,32+/m1/s1. The summed E-state index contributed by atoms with van der Waals surface area (Å²) in [6, 6.07) is 8.22. The number of fused-ring (bicyclic) bond motifs is 2. The second kappa shape index (κ2) is 16.9. The molecule has 0 saturated carbocycles. The SMILES string of the molecule is CC(C)C[C@H](N[C@H](CCN1C(=O)c2cc3ccccc3cc2C1=O)C(=O)OC(C)(C)C)C(=O)N(CCN1CCOCC1)[C@@H](CC(C)C)C(N)=O. The summed E-state index contributed by atoms with van der Waals surface area (Å²) in [6.45, 7) is 16.5. The first-order chi connectivity index (χ1) is 23.6. The van der Waals surface area contributed by atoms with E-state index < -0.39 is 47.4 Å². The molecule has 0 aliphatic carbocycles. The number of carbonyl (C=O) groups excluding carboxylic acids is 5. The minimum Gasteiger partial charge on any atom is -0.459 e. The van der Waals surface area contributed by atoms with Crippen LogP contribution in [-0.2, 0) is 23.9 Å². The van der Waals surface area contributed by atoms with Crippen molar-refractivity contribution in [1.82, 2.24) is 20.0 Å². The molecule has 0 aromatic heterocycles. The first-order valence-electron chi connectivity index (χ1n) is 17.8. The van der Waals surface area contributed by atoms with Gasteiger partial charge < -0.3 is 20.1 Å². The molecule has 2 heterocycles. The van der Waals surface area contributed by atoms with Crippen LogP contribution in [-0.4, -0.2) is 114 Å². The Kier molecular flexibility index (Phi) is 13.2. The van der Waals surface area contributed by atoms with Gasteiger partial charge in [-0.25, -0.2) is 0 Å². The highest BCUT2D eigenvalue weighted by molar-refractivity contribution is 6.23. The van der Waals surface area contributed by atoms with Crippen LogP contribution in [0.2, 0.25) is 0 Å². The van der Waals surface area contributed by atoms with Gasteiger partial charge in [0.15, 0.2) is 0 Å². The van der Waals surface area contributed by atoms with E-state index in [1.165, 1.54) is 0 Å². The van der Waals surface area contributed by atoms with Gasteiger partial charge in [-0.3, -0.25) is 39.1 Å². The summed E-state index contributed by atoms with van der Waals surface area (Å²) in [5, 5.41) is 4.97. The molecule has 1 saturated heterocycles. The van der Waals surface area contributed by atoms with E-state index in [2.05, 4.69) is 10.2 Å². The maximum Gasteiger partial charge on any atom is 0.323 e. The Morgan fingerprint density at radius 2 is 1.46 bits per heavy atom. The number of primary amides is 1. The van der Waals surface area contributed by atoms with Crippen LogP contribution in [0.1, 0.15) is 88.4 Å². The molecule has 0 spiro atoms. The number of hydrogen-bond donors (Lipinski definition) is 2. The van der Waals surface area contributed by atoms with Crippen molar-refractivity contribution in [1.29, 1.82) is 0 Å². The third-order valence-corrected chi connectivity index (χ3v) is 9.02. The number of nitrogens with one attached hydrogen (secondary N) is 1. The van der Waals surface area contributed by atoms with E-state index in [0.717, 1.165) is 28.8 Å². The maximum atomic E-state index is 14.6. The zero-order valence-corrected chi connectivity index (χ0v) is 30.7. The fourth-order valence-corrected chi connectivity index (χ4v) is 6.57. The van der Waals surface area contributed by atoms with E-state index in [4.69, 9.17) is 15.2 Å². The highest BCUT2D eigenvalue weighted by Gasteiger charge is 2.39. The second-order valence-electron chi connectivity index (χ2n) is 15.3. The fourth-order valence-electron chi connectivity index (χ4n) is 6.57. The van der Waals surface area contributed by atoms with Crippen molar-refractivity contribution in [2.75, 3.05) is 45.9 Å². The highest BCUT2D eigenvalue weighted by Crippen LogP contribution is 2.28. The molecule has 0 bridgehead atoms. The van der Waals surface area contributed by atoms with Gasteiger partial charge in [0, 0.05) is 32.7 Å². The molecule has 2 aliphatic heterocycles. The largest absolute Gasteiger partial charge is 0.459 e. The number of hydrogen-bond acceptors (Lipinski definition) is 9. The molecule has 12 nitrogen and oxygen atoms in total. The number of nitrogens with two attached hydrogens (primary N) is 1. The van der Waals surface area contributed by atoms with Gasteiger partial charge in [-0.15, -0.1) is 0 Å². The molecule has 3 N–H and O–H groups in total. The Bertz CT molecular complexity index is 1490. The lowest BCUT2D eigenvalue weighted by Crippen LogP contribution is -2.59. The molecule has 2 aliphatic rings. The van der Waals surface area contributed by atoms with E-state index in [0.29, 0.717) is 43.7 Å². The van der Waals surface area contributed by atoms with E-state index in [-0.39, 0.29) is 37.3 Å². The van der Waals surface area contributed by atoms with Gasteiger partial charge in [-0.05, 0) is 74.8 Å². The van der Waals surface area contributed by atoms with E-state index in [1.54, 1.807) is 37.8 Å². The summed E-state index contributed by atoms with van der Waals surface area (Å²) < 4.78 is 11.3. The van der Waals surface area contributed by atoms with Crippen LogP contribution in [0, 0.1) is 11.8 Å². The van der Waals surface area contributed by atoms with E-state index >= 15 is 0 Å². The molecule has 12 heteroatoms. The van der Waals surface area contributed by atoms with Crippen molar-refractivity contribution in [2.45, 2.75) is 91.5 Å². The molecule has 2 aromatic rings. The van der Waals surface area contributed by atoms with Gasteiger partial charge in [-0.1, -0.05) is 52.0 Å². The van der Waals surface area contributed by atoms with Crippen molar-refractivity contribution in [2.24, 2.45) is 17.6 Å². The lowest BCUT2D eigenvalue weighted by atomic mass is 9.97. The third kappa shape index (κ3) is 10.1. The number of amides is 4. The molecular weight excluding hydrogens is 638 g/mol. The number of carbonyl (C=O) groups is 5. The predicted molar refractivity (Wildman–Crippen MR) is 191 cm³/mol. The Hall–Kier alpha value is -3.87. The number of ether oxygens (including phenoxy) is 2. The van der Waals surface area contributed by atoms with Gasteiger partial charge in [0.25, 0.3) is 11.8 Å². The van der Waals surface area contributed by atoms with Gasteiger partial charge in [-0.2, -0.15) is 0 Å². The van der Waals surface area contributed by atoms with Gasteiger partial charge in [0.05, 0.1) is 30.4 Å². The average molecular weight is 694 g/mol. The number of rotatable bonds is 16. The molecule has 4 amide bonds. The molecule has 4 rings (SSSR count). The summed E-state index contributed by atoms with van der Waals surface area (Å²) in [5.41, 5.74) is 5.75. The topological polar surface area (TPSA) is 152 Å². The lowest BCUT2D eigenvalue weighted by molar-refractivity contribution is -0.158. The Morgan fingerprint density at radius 1 is 0.900 bits per heavy atom. The quantitative estimate of drug-likeness (QED) is 0.199. The normalized spacial score (nSPS) is 17.3. The molecule has 0 unspecified atom stereocenters. The zero-order valence-electron chi connectivity index (χ0n) is 30.7. The smallest absolute Gasteiger partial charge is 0.323 e. The Labute approximate surface area is 296 Å². The van der Waals surface area contributed by atoms with Crippen LogP contribution in [0.5, 0.6) is 0 Å².